The second-order valence-corrected chi connectivity index (χ2v) is 8.04. The van der Waals surface area contributed by atoms with Crippen molar-refractivity contribution in [3.8, 4) is 11.5 Å². The summed E-state index contributed by atoms with van der Waals surface area (Å²) in [5.41, 5.74) is 3.50. The molecule has 3 aromatic carbocycles. The molecule has 0 fully saturated rings. The zero-order chi connectivity index (χ0) is 23.0. The molecule has 0 aromatic heterocycles. The van der Waals surface area contributed by atoms with Crippen molar-refractivity contribution < 1.29 is 19.1 Å². The van der Waals surface area contributed by atoms with Gasteiger partial charge in [-0.3, -0.25) is 9.59 Å². The van der Waals surface area contributed by atoms with Gasteiger partial charge in [-0.25, -0.2) is 0 Å². The lowest BCUT2D eigenvalue weighted by molar-refractivity contribution is -0.118. The van der Waals surface area contributed by atoms with Crippen molar-refractivity contribution in [2.75, 3.05) is 30.5 Å². The third-order valence-corrected chi connectivity index (χ3v) is 5.56. The fraction of sp³-hybridized carbons (Fsp3) is 0.259. The summed E-state index contributed by atoms with van der Waals surface area (Å²) in [6.07, 6.45) is 2.13. The third-order valence-electron chi connectivity index (χ3n) is 5.56. The molecule has 1 heterocycles. The van der Waals surface area contributed by atoms with Gasteiger partial charge in [-0.05, 0) is 53.9 Å². The third kappa shape index (κ3) is 6.13. The van der Waals surface area contributed by atoms with Crippen LogP contribution in [0.15, 0.2) is 72.8 Å². The predicted octanol–water partition coefficient (Wildman–Crippen LogP) is 4.62. The summed E-state index contributed by atoms with van der Waals surface area (Å²) in [5.74, 6) is 1.45. The first kappa shape index (κ1) is 22.4. The molecule has 0 aliphatic carbocycles. The number of nitrogens with one attached hydrogen (secondary N) is 1. The summed E-state index contributed by atoms with van der Waals surface area (Å²) in [5, 5.41) is 2.92. The summed E-state index contributed by atoms with van der Waals surface area (Å²) >= 11 is 0. The van der Waals surface area contributed by atoms with Gasteiger partial charge in [0.25, 0.3) is 0 Å². The van der Waals surface area contributed by atoms with Crippen molar-refractivity contribution >= 4 is 23.2 Å². The van der Waals surface area contributed by atoms with Crippen molar-refractivity contribution in [1.82, 2.24) is 0 Å². The number of fused-ring (bicyclic) bond motifs is 1. The van der Waals surface area contributed by atoms with E-state index in [4.69, 9.17) is 9.47 Å². The zero-order valence-corrected chi connectivity index (χ0v) is 18.8. The SMILES string of the molecule is CN(C(=O)Cc1ccc(NC(=O)CCc2ccc3c(c2)OCCCO3)cc1)c1ccccc1. The number of ether oxygens (including phenoxy) is 2. The van der Waals surface area contributed by atoms with Gasteiger partial charge < -0.3 is 19.7 Å². The van der Waals surface area contributed by atoms with E-state index in [9.17, 15) is 9.59 Å². The number of para-hydroxylation sites is 1. The standard InChI is InChI=1S/C27H28N2O4/c1-29(23-6-3-2-4-7-23)27(31)19-21-8-12-22(13-9-21)28-26(30)15-11-20-10-14-24-25(18-20)33-17-5-16-32-24/h2-4,6-10,12-14,18H,5,11,15-17,19H2,1H3,(H,28,30). The summed E-state index contributed by atoms with van der Waals surface area (Å²) in [4.78, 5) is 26.6. The number of anilines is 2. The fourth-order valence-corrected chi connectivity index (χ4v) is 3.64. The number of benzene rings is 3. The molecule has 1 aliphatic heterocycles. The van der Waals surface area contributed by atoms with Gasteiger partial charge in [0.2, 0.25) is 11.8 Å². The average molecular weight is 445 g/mol. The molecule has 0 spiro atoms. The fourth-order valence-electron chi connectivity index (χ4n) is 3.64. The number of rotatable bonds is 7. The Morgan fingerprint density at radius 3 is 2.33 bits per heavy atom. The number of aryl methyl sites for hydroxylation is 1. The van der Waals surface area contributed by atoms with Crippen molar-refractivity contribution in [2.24, 2.45) is 0 Å². The van der Waals surface area contributed by atoms with E-state index in [1.54, 1.807) is 11.9 Å². The van der Waals surface area contributed by atoms with Crippen LogP contribution in [0.5, 0.6) is 11.5 Å². The molecule has 170 valence electrons. The highest BCUT2D eigenvalue weighted by Gasteiger charge is 2.13. The first-order chi connectivity index (χ1) is 16.1. The van der Waals surface area contributed by atoms with Gasteiger partial charge in [0.1, 0.15) is 0 Å². The van der Waals surface area contributed by atoms with Crippen LogP contribution in [0.1, 0.15) is 24.0 Å². The van der Waals surface area contributed by atoms with Crippen molar-refractivity contribution in [1.29, 1.82) is 0 Å². The predicted molar refractivity (Wildman–Crippen MR) is 129 cm³/mol. The number of hydrogen-bond donors (Lipinski definition) is 1. The molecule has 4 rings (SSSR count). The van der Waals surface area contributed by atoms with E-state index in [0.29, 0.717) is 38.2 Å². The molecule has 3 aromatic rings. The molecule has 6 heteroatoms. The van der Waals surface area contributed by atoms with E-state index >= 15 is 0 Å². The smallest absolute Gasteiger partial charge is 0.231 e. The van der Waals surface area contributed by atoms with E-state index in [-0.39, 0.29) is 11.8 Å². The minimum atomic E-state index is -0.0604. The Labute approximate surface area is 194 Å². The molecule has 0 atom stereocenters. The van der Waals surface area contributed by atoms with Gasteiger partial charge >= 0.3 is 0 Å². The molecule has 0 bridgehead atoms. The number of carbonyl (C=O) groups is 2. The number of nitrogens with zero attached hydrogens (tertiary/aromatic N) is 1. The van der Waals surface area contributed by atoms with Gasteiger partial charge in [0, 0.05) is 31.3 Å². The Balaban J connectivity index is 1.27. The van der Waals surface area contributed by atoms with Crippen LogP contribution in [0.3, 0.4) is 0 Å². The lowest BCUT2D eigenvalue weighted by Gasteiger charge is -2.17. The number of carbonyl (C=O) groups excluding carboxylic acids is 2. The Hall–Kier alpha value is -3.80. The average Bonchev–Trinajstić information content (AvgIpc) is 3.09. The van der Waals surface area contributed by atoms with Crippen molar-refractivity contribution in [2.45, 2.75) is 25.7 Å². The van der Waals surface area contributed by atoms with Crippen LogP contribution in [0.25, 0.3) is 0 Å². The van der Waals surface area contributed by atoms with Gasteiger partial charge in [-0.1, -0.05) is 36.4 Å². The molecule has 0 saturated carbocycles. The highest BCUT2D eigenvalue weighted by molar-refractivity contribution is 5.94. The molecular formula is C27H28N2O4. The lowest BCUT2D eigenvalue weighted by Crippen LogP contribution is -2.27. The minimum absolute atomic E-state index is 0.00752. The molecule has 33 heavy (non-hydrogen) atoms. The van der Waals surface area contributed by atoms with Crippen LogP contribution >= 0.6 is 0 Å². The van der Waals surface area contributed by atoms with Gasteiger partial charge in [0.15, 0.2) is 11.5 Å². The molecule has 1 aliphatic rings. The van der Waals surface area contributed by atoms with Gasteiger partial charge in [-0.15, -0.1) is 0 Å². The zero-order valence-electron chi connectivity index (χ0n) is 18.8. The first-order valence-corrected chi connectivity index (χ1v) is 11.2. The molecule has 0 unspecified atom stereocenters. The number of likely N-dealkylation sites (N-methyl/N-ethyl adjacent to an activating group) is 1. The van der Waals surface area contributed by atoms with Crippen molar-refractivity contribution in [3.05, 3.63) is 83.9 Å². The highest BCUT2D eigenvalue weighted by Crippen LogP contribution is 2.30. The monoisotopic (exact) mass is 444 g/mol. The van der Waals surface area contributed by atoms with E-state index in [1.807, 2.05) is 72.8 Å². The topological polar surface area (TPSA) is 67.9 Å². The first-order valence-electron chi connectivity index (χ1n) is 11.2. The maximum atomic E-state index is 12.5. The lowest BCUT2D eigenvalue weighted by atomic mass is 10.1. The second-order valence-electron chi connectivity index (χ2n) is 8.04. The normalized spacial score (nSPS) is 12.5. The Kier molecular flexibility index (Phi) is 7.25. The molecule has 0 radical (unpaired) electrons. The Bertz CT molecular complexity index is 1100. The largest absolute Gasteiger partial charge is 0.490 e. The minimum Gasteiger partial charge on any atom is -0.490 e. The number of amides is 2. The van der Waals surface area contributed by atoms with E-state index in [1.165, 1.54) is 0 Å². The Morgan fingerprint density at radius 2 is 1.58 bits per heavy atom. The van der Waals surface area contributed by atoms with E-state index in [0.717, 1.165) is 34.7 Å². The van der Waals surface area contributed by atoms with Crippen LogP contribution in [-0.2, 0) is 22.4 Å². The summed E-state index contributed by atoms with van der Waals surface area (Å²) in [7, 11) is 1.77. The summed E-state index contributed by atoms with van der Waals surface area (Å²) in [6, 6.07) is 22.8. The highest BCUT2D eigenvalue weighted by atomic mass is 16.5. The maximum Gasteiger partial charge on any atom is 0.231 e. The van der Waals surface area contributed by atoms with E-state index in [2.05, 4.69) is 5.32 Å². The molecule has 6 nitrogen and oxygen atoms in total. The van der Waals surface area contributed by atoms with Gasteiger partial charge in [0.05, 0.1) is 19.6 Å². The van der Waals surface area contributed by atoms with Crippen molar-refractivity contribution in [3.63, 3.8) is 0 Å². The van der Waals surface area contributed by atoms with Crippen LogP contribution in [-0.4, -0.2) is 32.1 Å². The van der Waals surface area contributed by atoms with Gasteiger partial charge in [-0.2, -0.15) is 0 Å². The molecule has 2 amide bonds. The second kappa shape index (κ2) is 10.7. The van der Waals surface area contributed by atoms with Crippen LogP contribution < -0.4 is 19.7 Å². The van der Waals surface area contributed by atoms with Crippen LogP contribution in [0.2, 0.25) is 0 Å². The molecular weight excluding hydrogens is 416 g/mol. The Morgan fingerprint density at radius 1 is 0.879 bits per heavy atom. The quantitative estimate of drug-likeness (QED) is 0.577. The summed E-state index contributed by atoms with van der Waals surface area (Å²) < 4.78 is 11.4. The maximum absolute atomic E-state index is 12.5. The summed E-state index contributed by atoms with van der Waals surface area (Å²) in [6.45, 7) is 1.30. The molecule has 1 N–H and O–H groups in total. The van der Waals surface area contributed by atoms with Crippen LogP contribution in [0, 0.1) is 0 Å². The van der Waals surface area contributed by atoms with E-state index < -0.39 is 0 Å². The number of hydrogen-bond acceptors (Lipinski definition) is 4. The molecule has 0 saturated heterocycles. The van der Waals surface area contributed by atoms with Crippen LogP contribution in [0.4, 0.5) is 11.4 Å².